The molecular formula is C17H15FO3. The minimum atomic E-state index is -0.927. The van der Waals surface area contributed by atoms with Gasteiger partial charge in [-0.25, -0.2) is 9.18 Å². The van der Waals surface area contributed by atoms with E-state index in [9.17, 15) is 14.0 Å². The van der Waals surface area contributed by atoms with E-state index in [0.29, 0.717) is 5.56 Å². The molecule has 0 radical (unpaired) electrons. The molecule has 0 fully saturated rings. The SMILES string of the molecule is Cc1ccc(C(=O)[C@@H](C)OC(=O)c2cccc(F)c2)cc1. The Labute approximate surface area is 122 Å². The molecular weight excluding hydrogens is 271 g/mol. The van der Waals surface area contributed by atoms with E-state index in [1.165, 1.54) is 25.1 Å². The van der Waals surface area contributed by atoms with Crippen molar-refractivity contribution in [2.24, 2.45) is 0 Å². The fourth-order valence-corrected chi connectivity index (χ4v) is 1.85. The maximum Gasteiger partial charge on any atom is 0.338 e. The van der Waals surface area contributed by atoms with Crippen LogP contribution < -0.4 is 0 Å². The van der Waals surface area contributed by atoms with Crippen LogP contribution in [0.2, 0.25) is 0 Å². The Balaban J connectivity index is 2.07. The lowest BCUT2D eigenvalue weighted by Crippen LogP contribution is -2.24. The number of ketones is 1. The third-order valence-corrected chi connectivity index (χ3v) is 3.05. The van der Waals surface area contributed by atoms with Gasteiger partial charge in [0.25, 0.3) is 0 Å². The van der Waals surface area contributed by atoms with E-state index in [0.717, 1.165) is 11.6 Å². The minimum Gasteiger partial charge on any atom is -0.451 e. The quantitative estimate of drug-likeness (QED) is 0.637. The summed E-state index contributed by atoms with van der Waals surface area (Å²) in [5.74, 6) is -1.54. The number of aryl methyl sites for hydroxylation is 1. The summed E-state index contributed by atoms with van der Waals surface area (Å²) in [6, 6.07) is 12.2. The number of halogens is 1. The van der Waals surface area contributed by atoms with E-state index < -0.39 is 17.9 Å². The van der Waals surface area contributed by atoms with Crippen LogP contribution in [0.15, 0.2) is 48.5 Å². The zero-order valence-electron chi connectivity index (χ0n) is 11.8. The zero-order chi connectivity index (χ0) is 15.4. The molecule has 108 valence electrons. The highest BCUT2D eigenvalue weighted by atomic mass is 19.1. The Morgan fingerprint density at radius 1 is 1.05 bits per heavy atom. The van der Waals surface area contributed by atoms with Gasteiger partial charge in [0.2, 0.25) is 5.78 Å². The predicted octanol–water partition coefficient (Wildman–Crippen LogP) is 3.56. The molecule has 0 aromatic heterocycles. The van der Waals surface area contributed by atoms with Gasteiger partial charge >= 0.3 is 5.97 Å². The van der Waals surface area contributed by atoms with Crippen molar-refractivity contribution in [2.45, 2.75) is 20.0 Å². The van der Waals surface area contributed by atoms with Crippen molar-refractivity contribution < 1.29 is 18.7 Å². The summed E-state index contributed by atoms with van der Waals surface area (Å²) in [5, 5.41) is 0. The Morgan fingerprint density at radius 3 is 2.33 bits per heavy atom. The first kappa shape index (κ1) is 14.9. The second kappa shape index (κ2) is 6.31. The molecule has 0 N–H and O–H groups in total. The molecule has 2 aromatic rings. The topological polar surface area (TPSA) is 43.4 Å². The summed E-state index contributed by atoms with van der Waals surface area (Å²) in [5.41, 5.74) is 1.59. The van der Waals surface area contributed by atoms with Gasteiger partial charge in [0.05, 0.1) is 5.56 Å². The van der Waals surface area contributed by atoms with Crippen molar-refractivity contribution in [1.82, 2.24) is 0 Å². The van der Waals surface area contributed by atoms with Gasteiger partial charge in [-0.2, -0.15) is 0 Å². The third kappa shape index (κ3) is 3.75. The summed E-state index contributed by atoms with van der Waals surface area (Å²) in [4.78, 5) is 24.0. The number of esters is 1. The molecule has 4 heteroatoms. The molecule has 0 saturated heterocycles. The smallest absolute Gasteiger partial charge is 0.338 e. The molecule has 21 heavy (non-hydrogen) atoms. The van der Waals surface area contributed by atoms with Crippen LogP contribution in [-0.4, -0.2) is 17.9 Å². The summed E-state index contributed by atoms with van der Waals surface area (Å²) < 4.78 is 18.1. The van der Waals surface area contributed by atoms with Crippen LogP contribution >= 0.6 is 0 Å². The van der Waals surface area contributed by atoms with Crippen LogP contribution in [0.1, 0.15) is 33.2 Å². The molecule has 0 aliphatic carbocycles. The third-order valence-electron chi connectivity index (χ3n) is 3.05. The van der Waals surface area contributed by atoms with Gasteiger partial charge < -0.3 is 4.74 Å². The van der Waals surface area contributed by atoms with E-state index in [4.69, 9.17) is 4.74 Å². The molecule has 0 amide bonds. The van der Waals surface area contributed by atoms with Crippen molar-refractivity contribution in [3.05, 3.63) is 71.0 Å². The summed E-state index contributed by atoms with van der Waals surface area (Å²) in [7, 11) is 0. The lowest BCUT2D eigenvalue weighted by atomic mass is 10.1. The number of carbonyl (C=O) groups excluding carboxylic acids is 2. The predicted molar refractivity (Wildman–Crippen MR) is 76.8 cm³/mol. The summed E-state index contributed by atoms with van der Waals surface area (Å²) in [6.45, 7) is 3.42. The Hall–Kier alpha value is -2.49. The minimum absolute atomic E-state index is 0.0820. The van der Waals surface area contributed by atoms with E-state index in [1.807, 2.05) is 19.1 Å². The van der Waals surface area contributed by atoms with Gasteiger partial charge in [-0.3, -0.25) is 4.79 Å². The maximum atomic E-state index is 13.1. The number of rotatable bonds is 4. The lowest BCUT2D eigenvalue weighted by Gasteiger charge is -2.12. The van der Waals surface area contributed by atoms with E-state index in [2.05, 4.69) is 0 Å². The highest BCUT2D eigenvalue weighted by Crippen LogP contribution is 2.11. The number of hydrogen-bond donors (Lipinski definition) is 0. The number of carbonyl (C=O) groups is 2. The van der Waals surface area contributed by atoms with Gasteiger partial charge in [-0.15, -0.1) is 0 Å². The van der Waals surface area contributed by atoms with Gasteiger partial charge in [0, 0.05) is 5.56 Å². The summed E-state index contributed by atoms with van der Waals surface area (Å²) >= 11 is 0. The van der Waals surface area contributed by atoms with Crippen LogP contribution in [-0.2, 0) is 4.74 Å². The molecule has 0 aliphatic rings. The van der Waals surface area contributed by atoms with Crippen molar-refractivity contribution in [1.29, 1.82) is 0 Å². The van der Waals surface area contributed by atoms with Gasteiger partial charge in [0.1, 0.15) is 5.82 Å². The molecule has 2 rings (SSSR count). The molecule has 3 nitrogen and oxygen atoms in total. The Bertz CT molecular complexity index is 662. The molecule has 2 aromatic carbocycles. The number of Topliss-reactive ketones (excluding diaryl/α,β-unsaturated/α-hetero) is 1. The number of ether oxygens (including phenoxy) is 1. The number of hydrogen-bond acceptors (Lipinski definition) is 3. The normalized spacial score (nSPS) is 11.8. The molecule has 0 aliphatic heterocycles. The monoisotopic (exact) mass is 286 g/mol. The van der Waals surface area contributed by atoms with Crippen molar-refractivity contribution in [3.63, 3.8) is 0 Å². The standard InChI is InChI=1S/C17H15FO3/c1-11-6-8-13(9-7-11)16(19)12(2)21-17(20)14-4-3-5-15(18)10-14/h3-10,12H,1-2H3/t12-/m1/s1. The van der Waals surface area contributed by atoms with Crippen LogP contribution in [0.5, 0.6) is 0 Å². The molecule has 0 spiro atoms. The van der Waals surface area contributed by atoms with Crippen molar-refractivity contribution in [2.75, 3.05) is 0 Å². The fraction of sp³-hybridized carbons (Fsp3) is 0.176. The zero-order valence-corrected chi connectivity index (χ0v) is 11.8. The van der Waals surface area contributed by atoms with Crippen LogP contribution in [0, 0.1) is 12.7 Å². The number of benzene rings is 2. The van der Waals surface area contributed by atoms with Crippen molar-refractivity contribution in [3.8, 4) is 0 Å². The van der Waals surface area contributed by atoms with E-state index >= 15 is 0 Å². The van der Waals surface area contributed by atoms with Crippen LogP contribution in [0.4, 0.5) is 4.39 Å². The first-order chi connectivity index (χ1) is 9.97. The second-order valence-corrected chi connectivity index (χ2v) is 4.79. The molecule has 1 atom stereocenters. The second-order valence-electron chi connectivity index (χ2n) is 4.79. The highest BCUT2D eigenvalue weighted by molar-refractivity contribution is 6.01. The average molecular weight is 286 g/mol. The van der Waals surface area contributed by atoms with Gasteiger partial charge in [-0.05, 0) is 32.0 Å². The Morgan fingerprint density at radius 2 is 1.71 bits per heavy atom. The summed E-state index contributed by atoms with van der Waals surface area (Å²) in [6.07, 6.45) is -0.927. The molecule has 0 unspecified atom stereocenters. The average Bonchev–Trinajstić information content (AvgIpc) is 2.47. The van der Waals surface area contributed by atoms with Crippen molar-refractivity contribution >= 4 is 11.8 Å². The molecule has 0 bridgehead atoms. The largest absolute Gasteiger partial charge is 0.451 e. The molecule has 0 saturated carbocycles. The van der Waals surface area contributed by atoms with E-state index in [-0.39, 0.29) is 11.3 Å². The van der Waals surface area contributed by atoms with Crippen LogP contribution in [0.3, 0.4) is 0 Å². The van der Waals surface area contributed by atoms with Crippen LogP contribution in [0.25, 0.3) is 0 Å². The Kier molecular flexibility index (Phi) is 4.48. The first-order valence-corrected chi connectivity index (χ1v) is 6.55. The van der Waals surface area contributed by atoms with Gasteiger partial charge in [-0.1, -0.05) is 35.9 Å². The lowest BCUT2D eigenvalue weighted by molar-refractivity contribution is 0.0318. The highest BCUT2D eigenvalue weighted by Gasteiger charge is 2.20. The molecule has 0 heterocycles. The fourth-order valence-electron chi connectivity index (χ4n) is 1.85. The van der Waals surface area contributed by atoms with E-state index in [1.54, 1.807) is 12.1 Å². The maximum absolute atomic E-state index is 13.1. The van der Waals surface area contributed by atoms with Gasteiger partial charge in [0.15, 0.2) is 6.10 Å². The first-order valence-electron chi connectivity index (χ1n) is 6.55.